The highest BCUT2D eigenvalue weighted by Gasteiger charge is 2.32. The number of primary amides is 1. The number of ether oxygens (including phenoxy) is 1. The average molecular weight is 248 g/mol. The van der Waals surface area contributed by atoms with Crippen LogP contribution in [0.4, 0.5) is 18.9 Å². The molecule has 1 aromatic rings. The number of benzene rings is 1. The Morgan fingerprint density at radius 1 is 1.41 bits per heavy atom. The maximum Gasteiger partial charge on any atom is 0.573 e. The molecule has 0 saturated carbocycles. The maximum absolute atomic E-state index is 12.0. The van der Waals surface area contributed by atoms with E-state index in [0.29, 0.717) is 0 Å². The van der Waals surface area contributed by atoms with E-state index < -0.39 is 24.4 Å². The summed E-state index contributed by atoms with van der Waals surface area (Å²) in [5, 5.41) is 2.54. The van der Waals surface area contributed by atoms with Crippen LogP contribution >= 0.6 is 0 Å². The molecule has 92 valence electrons. The van der Waals surface area contributed by atoms with Crippen LogP contribution in [-0.2, 0) is 11.2 Å². The molecule has 0 bridgehead atoms. The Morgan fingerprint density at radius 3 is 2.53 bits per heavy atom. The molecule has 1 rings (SSSR count). The third-order valence-corrected chi connectivity index (χ3v) is 1.74. The molecule has 0 saturated heterocycles. The van der Waals surface area contributed by atoms with E-state index >= 15 is 0 Å². The Labute approximate surface area is 93.3 Å². The number of carbonyl (C=O) groups excluding carboxylic acids is 1. The summed E-state index contributed by atoms with van der Waals surface area (Å²) in [5.41, 5.74) is 4.60. The van der Waals surface area contributed by atoms with Crippen molar-refractivity contribution in [1.82, 2.24) is 0 Å². The first-order valence-electron chi connectivity index (χ1n) is 4.32. The van der Waals surface area contributed by atoms with E-state index in [2.05, 4.69) is 9.91 Å². The Morgan fingerprint density at radius 2 is 2.06 bits per heavy atom. The second-order valence-corrected chi connectivity index (χ2v) is 3.07. The molecule has 5 nitrogen and oxygen atoms in total. The fourth-order valence-electron chi connectivity index (χ4n) is 1.17. The van der Waals surface area contributed by atoms with Gasteiger partial charge in [-0.2, -0.15) is 0 Å². The minimum Gasteiger partial charge on any atom is -0.405 e. The zero-order valence-electron chi connectivity index (χ0n) is 8.32. The number of nitroso groups, excluding NO2 is 1. The molecule has 0 radical (unpaired) electrons. The molecule has 2 N–H and O–H groups in total. The van der Waals surface area contributed by atoms with Crippen molar-refractivity contribution in [2.24, 2.45) is 10.9 Å². The van der Waals surface area contributed by atoms with Crippen LogP contribution in [0.2, 0.25) is 0 Å². The van der Waals surface area contributed by atoms with Gasteiger partial charge < -0.3 is 10.5 Å². The van der Waals surface area contributed by atoms with Crippen LogP contribution in [0, 0.1) is 4.91 Å². The topological polar surface area (TPSA) is 81.8 Å². The Balaban J connectivity index is 3.10. The van der Waals surface area contributed by atoms with E-state index in [-0.39, 0.29) is 11.3 Å². The van der Waals surface area contributed by atoms with Crippen molar-refractivity contribution in [3.63, 3.8) is 0 Å². The highest BCUT2D eigenvalue weighted by molar-refractivity contribution is 5.77. The molecule has 8 heteroatoms. The fourth-order valence-corrected chi connectivity index (χ4v) is 1.17. The summed E-state index contributed by atoms with van der Waals surface area (Å²) in [5.74, 6) is -1.43. The van der Waals surface area contributed by atoms with Crippen LogP contribution < -0.4 is 10.5 Å². The van der Waals surface area contributed by atoms with E-state index in [1.54, 1.807) is 0 Å². The number of nitrogens with zero attached hydrogens (tertiary/aromatic N) is 1. The summed E-state index contributed by atoms with van der Waals surface area (Å²) in [6.07, 6.45) is -5.36. The summed E-state index contributed by atoms with van der Waals surface area (Å²) in [6, 6.07) is 2.96. The number of nitrogens with two attached hydrogens (primary N) is 1. The number of amides is 1. The van der Waals surface area contributed by atoms with E-state index in [4.69, 9.17) is 5.73 Å². The zero-order valence-corrected chi connectivity index (χ0v) is 8.32. The van der Waals surface area contributed by atoms with Gasteiger partial charge in [-0.15, -0.1) is 18.1 Å². The third kappa shape index (κ3) is 4.09. The van der Waals surface area contributed by atoms with Gasteiger partial charge in [0.05, 0.1) is 6.42 Å². The summed E-state index contributed by atoms with van der Waals surface area (Å²) >= 11 is 0. The number of rotatable bonds is 4. The first kappa shape index (κ1) is 12.9. The molecular formula is C9H7F3N2O3. The quantitative estimate of drug-likeness (QED) is 0.827. The molecule has 0 aliphatic heterocycles. The molecule has 0 aromatic heterocycles. The predicted molar refractivity (Wildman–Crippen MR) is 51.5 cm³/mol. The number of hydrogen-bond acceptors (Lipinski definition) is 4. The lowest BCUT2D eigenvalue weighted by Crippen LogP contribution is -2.20. The van der Waals surface area contributed by atoms with Gasteiger partial charge in [-0.05, 0) is 23.4 Å². The van der Waals surface area contributed by atoms with Crippen LogP contribution in [0.1, 0.15) is 5.56 Å². The van der Waals surface area contributed by atoms with Gasteiger partial charge >= 0.3 is 6.36 Å². The molecule has 0 atom stereocenters. The van der Waals surface area contributed by atoms with E-state index in [1.807, 2.05) is 0 Å². The van der Waals surface area contributed by atoms with Gasteiger partial charge in [0.1, 0.15) is 11.4 Å². The molecule has 0 heterocycles. The minimum atomic E-state index is -4.89. The molecular weight excluding hydrogens is 241 g/mol. The van der Waals surface area contributed by atoms with Crippen molar-refractivity contribution >= 4 is 11.6 Å². The fraction of sp³-hybridized carbons (Fsp3) is 0.222. The van der Waals surface area contributed by atoms with Crippen LogP contribution in [0.15, 0.2) is 23.4 Å². The SMILES string of the molecule is NC(=O)Cc1cc(N=O)ccc1OC(F)(F)F. The minimum absolute atomic E-state index is 0.115. The summed E-state index contributed by atoms with van der Waals surface area (Å²) in [4.78, 5) is 20.9. The van der Waals surface area contributed by atoms with Crippen molar-refractivity contribution in [2.45, 2.75) is 12.8 Å². The summed E-state index contributed by atoms with van der Waals surface area (Å²) in [6.45, 7) is 0. The summed E-state index contributed by atoms with van der Waals surface area (Å²) in [7, 11) is 0. The Bertz CT molecular complexity index is 446. The van der Waals surface area contributed by atoms with Gasteiger partial charge in [-0.3, -0.25) is 4.79 Å². The summed E-state index contributed by atoms with van der Waals surface area (Å²) < 4.78 is 39.7. The van der Waals surface area contributed by atoms with Gasteiger partial charge in [0.25, 0.3) is 0 Å². The molecule has 0 aliphatic carbocycles. The van der Waals surface area contributed by atoms with Crippen LogP contribution in [0.25, 0.3) is 0 Å². The maximum atomic E-state index is 12.0. The first-order chi connectivity index (χ1) is 7.81. The normalized spacial score (nSPS) is 11.0. The van der Waals surface area contributed by atoms with Gasteiger partial charge in [0.15, 0.2) is 0 Å². The van der Waals surface area contributed by atoms with Crippen LogP contribution in [0.5, 0.6) is 5.75 Å². The average Bonchev–Trinajstić information content (AvgIpc) is 2.17. The van der Waals surface area contributed by atoms with E-state index in [1.165, 1.54) is 0 Å². The van der Waals surface area contributed by atoms with Crippen molar-refractivity contribution < 1.29 is 22.7 Å². The lowest BCUT2D eigenvalue weighted by molar-refractivity contribution is -0.274. The lowest BCUT2D eigenvalue weighted by atomic mass is 10.1. The second-order valence-electron chi connectivity index (χ2n) is 3.07. The second kappa shape index (κ2) is 4.81. The molecule has 0 spiro atoms. The van der Waals surface area contributed by atoms with Gasteiger partial charge in [-0.25, -0.2) is 0 Å². The Kier molecular flexibility index (Phi) is 3.66. The molecule has 0 fully saturated rings. The molecule has 1 aromatic carbocycles. The highest BCUT2D eigenvalue weighted by Crippen LogP contribution is 2.29. The van der Waals surface area contributed by atoms with Crippen molar-refractivity contribution in [2.75, 3.05) is 0 Å². The number of hydrogen-bond donors (Lipinski definition) is 1. The smallest absolute Gasteiger partial charge is 0.405 e. The lowest BCUT2D eigenvalue weighted by Gasteiger charge is -2.12. The molecule has 0 unspecified atom stereocenters. The van der Waals surface area contributed by atoms with Crippen molar-refractivity contribution in [3.05, 3.63) is 28.7 Å². The standard InChI is InChI=1S/C9H7F3N2O3/c10-9(11,12)17-7-2-1-6(14-16)3-5(7)4-8(13)15/h1-3H,4H2,(H2,13,15). The molecule has 17 heavy (non-hydrogen) atoms. The number of carbonyl (C=O) groups is 1. The van der Waals surface area contributed by atoms with Gasteiger partial charge in [0, 0.05) is 5.56 Å². The van der Waals surface area contributed by atoms with E-state index in [0.717, 1.165) is 18.2 Å². The zero-order chi connectivity index (χ0) is 13.1. The van der Waals surface area contributed by atoms with Gasteiger partial charge in [0.2, 0.25) is 5.91 Å². The van der Waals surface area contributed by atoms with Crippen LogP contribution in [0.3, 0.4) is 0 Å². The van der Waals surface area contributed by atoms with Crippen molar-refractivity contribution in [3.8, 4) is 5.75 Å². The van der Waals surface area contributed by atoms with Crippen LogP contribution in [-0.4, -0.2) is 12.3 Å². The van der Waals surface area contributed by atoms with E-state index in [9.17, 15) is 22.9 Å². The monoisotopic (exact) mass is 248 g/mol. The Hall–Kier alpha value is -2.12. The number of halogens is 3. The largest absolute Gasteiger partial charge is 0.573 e. The molecule has 1 amide bonds. The third-order valence-electron chi connectivity index (χ3n) is 1.74. The van der Waals surface area contributed by atoms with Gasteiger partial charge in [-0.1, -0.05) is 0 Å². The first-order valence-corrected chi connectivity index (χ1v) is 4.32. The predicted octanol–water partition coefficient (Wildman–Crippen LogP) is 2.01. The highest BCUT2D eigenvalue weighted by atomic mass is 19.4. The van der Waals surface area contributed by atoms with Crippen molar-refractivity contribution in [1.29, 1.82) is 0 Å². The number of alkyl halides is 3. The molecule has 0 aliphatic rings.